The Morgan fingerprint density at radius 3 is 2.48 bits per heavy atom. The zero-order valence-electron chi connectivity index (χ0n) is 16.5. The Morgan fingerprint density at radius 1 is 1.04 bits per heavy atom. The van der Waals surface area contributed by atoms with E-state index in [1.807, 2.05) is 42.5 Å². The summed E-state index contributed by atoms with van der Waals surface area (Å²) in [5.74, 6) is 1.23. The van der Waals surface area contributed by atoms with E-state index in [9.17, 15) is 4.79 Å². The van der Waals surface area contributed by atoms with Crippen molar-refractivity contribution >= 4 is 17.7 Å². The molecule has 0 unspecified atom stereocenters. The van der Waals surface area contributed by atoms with Gasteiger partial charge in [-0.1, -0.05) is 44.9 Å². The number of hydrogen-bond acceptors (Lipinski definition) is 3. The molecule has 1 amide bonds. The van der Waals surface area contributed by atoms with Crippen LogP contribution in [0.15, 0.2) is 48.5 Å². The van der Waals surface area contributed by atoms with Crippen molar-refractivity contribution in [2.75, 3.05) is 19.0 Å². The summed E-state index contributed by atoms with van der Waals surface area (Å²) in [6.45, 7) is 4.95. The minimum absolute atomic E-state index is 0.168. The quantitative estimate of drug-likeness (QED) is 0.447. The number of methoxy groups -OCH3 is 1. The van der Waals surface area contributed by atoms with Crippen LogP contribution in [0.5, 0.6) is 11.5 Å². The number of carbonyl (C=O) groups is 1. The van der Waals surface area contributed by atoms with Crippen LogP contribution in [0.3, 0.4) is 0 Å². The number of amides is 1. The van der Waals surface area contributed by atoms with Crippen LogP contribution in [-0.4, -0.2) is 19.6 Å². The van der Waals surface area contributed by atoms with Crippen LogP contribution in [0.1, 0.15) is 44.2 Å². The predicted octanol–water partition coefficient (Wildman–Crippen LogP) is 5.48. The fourth-order valence-electron chi connectivity index (χ4n) is 2.62. The van der Waals surface area contributed by atoms with Gasteiger partial charge in [0, 0.05) is 11.8 Å². The smallest absolute Gasteiger partial charge is 0.248 e. The van der Waals surface area contributed by atoms with Crippen molar-refractivity contribution in [2.45, 2.75) is 39.5 Å². The molecule has 144 valence electrons. The van der Waals surface area contributed by atoms with E-state index in [4.69, 9.17) is 9.47 Å². The molecule has 0 aromatic heterocycles. The summed E-state index contributed by atoms with van der Waals surface area (Å²) in [5.41, 5.74) is 2.91. The lowest BCUT2D eigenvalue weighted by Gasteiger charge is -2.11. The Morgan fingerprint density at radius 2 is 1.81 bits per heavy atom. The number of aryl methyl sites for hydroxylation is 1. The molecule has 0 atom stereocenters. The van der Waals surface area contributed by atoms with Crippen LogP contribution in [0.4, 0.5) is 5.69 Å². The molecule has 0 aliphatic carbocycles. The second-order valence-corrected chi connectivity index (χ2v) is 6.34. The minimum Gasteiger partial charge on any atom is -0.493 e. The number of nitrogens with one attached hydrogen (secondary N) is 1. The Hall–Kier alpha value is -2.75. The van der Waals surface area contributed by atoms with E-state index in [0.717, 1.165) is 42.7 Å². The average Bonchev–Trinajstić information content (AvgIpc) is 2.70. The molecule has 4 heteroatoms. The van der Waals surface area contributed by atoms with Gasteiger partial charge in [0.05, 0.1) is 13.7 Å². The van der Waals surface area contributed by atoms with Crippen LogP contribution >= 0.6 is 0 Å². The van der Waals surface area contributed by atoms with E-state index in [1.165, 1.54) is 11.6 Å². The molecule has 0 fully saturated rings. The van der Waals surface area contributed by atoms with E-state index < -0.39 is 0 Å². The molecular formula is C23H29NO3. The van der Waals surface area contributed by atoms with Gasteiger partial charge in [0.1, 0.15) is 0 Å². The lowest BCUT2D eigenvalue weighted by molar-refractivity contribution is -0.111. The van der Waals surface area contributed by atoms with Crippen LogP contribution in [0.25, 0.3) is 6.08 Å². The maximum atomic E-state index is 12.1. The van der Waals surface area contributed by atoms with Gasteiger partial charge in [-0.25, -0.2) is 0 Å². The Labute approximate surface area is 162 Å². The SMILES string of the molecule is CCCCCOc1ccc(C=CC(=O)Nc2ccc(CC)cc2)cc1OC. The number of rotatable bonds is 10. The van der Waals surface area contributed by atoms with E-state index in [-0.39, 0.29) is 5.91 Å². The van der Waals surface area contributed by atoms with Gasteiger partial charge in [-0.2, -0.15) is 0 Å². The van der Waals surface area contributed by atoms with Crippen molar-refractivity contribution in [3.8, 4) is 11.5 Å². The lowest BCUT2D eigenvalue weighted by Crippen LogP contribution is -2.07. The first kappa shape index (κ1) is 20.6. The molecular weight excluding hydrogens is 338 g/mol. The first-order valence-corrected chi connectivity index (χ1v) is 9.55. The minimum atomic E-state index is -0.168. The molecule has 27 heavy (non-hydrogen) atoms. The molecule has 0 saturated heterocycles. The molecule has 2 rings (SSSR count). The zero-order chi connectivity index (χ0) is 19.5. The molecule has 0 aliphatic rings. The standard InChI is InChI=1S/C23H29NO3/c1-4-6-7-16-27-21-14-10-19(17-22(21)26-3)11-15-23(25)24-20-12-8-18(5-2)9-13-20/h8-15,17H,4-7,16H2,1-3H3,(H,24,25). The van der Waals surface area contributed by atoms with Crippen LogP contribution < -0.4 is 14.8 Å². The highest BCUT2D eigenvalue weighted by Crippen LogP contribution is 2.28. The second kappa shape index (κ2) is 11.1. The van der Waals surface area contributed by atoms with E-state index >= 15 is 0 Å². The Balaban J connectivity index is 1.95. The summed E-state index contributed by atoms with van der Waals surface area (Å²) in [7, 11) is 1.62. The van der Waals surface area contributed by atoms with E-state index in [0.29, 0.717) is 12.4 Å². The summed E-state index contributed by atoms with van der Waals surface area (Å²) in [5, 5.41) is 2.86. The van der Waals surface area contributed by atoms with E-state index in [2.05, 4.69) is 19.2 Å². The fourth-order valence-corrected chi connectivity index (χ4v) is 2.62. The number of unbranched alkanes of at least 4 members (excludes halogenated alkanes) is 2. The second-order valence-electron chi connectivity index (χ2n) is 6.34. The molecule has 1 N–H and O–H groups in total. The summed E-state index contributed by atoms with van der Waals surface area (Å²) >= 11 is 0. The van der Waals surface area contributed by atoms with Gasteiger partial charge >= 0.3 is 0 Å². The number of anilines is 1. The molecule has 2 aromatic carbocycles. The molecule has 0 bridgehead atoms. The third-order valence-corrected chi connectivity index (χ3v) is 4.25. The van der Waals surface area contributed by atoms with Gasteiger partial charge in [-0.05, 0) is 54.3 Å². The first-order valence-electron chi connectivity index (χ1n) is 9.55. The summed E-state index contributed by atoms with van der Waals surface area (Å²) < 4.78 is 11.2. The van der Waals surface area contributed by atoms with Gasteiger partial charge in [0.2, 0.25) is 5.91 Å². The third kappa shape index (κ3) is 6.81. The highest BCUT2D eigenvalue weighted by atomic mass is 16.5. The van der Waals surface area contributed by atoms with E-state index in [1.54, 1.807) is 13.2 Å². The zero-order valence-corrected chi connectivity index (χ0v) is 16.5. The van der Waals surface area contributed by atoms with Crippen molar-refractivity contribution < 1.29 is 14.3 Å². The number of hydrogen-bond donors (Lipinski definition) is 1. The van der Waals surface area contributed by atoms with Crippen molar-refractivity contribution in [3.05, 3.63) is 59.7 Å². The van der Waals surface area contributed by atoms with Crippen molar-refractivity contribution in [3.63, 3.8) is 0 Å². The highest BCUT2D eigenvalue weighted by Gasteiger charge is 2.05. The normalized spacial score (nSPS) is 10.8. The maximum Gasteiger partial charge on any atom is 0.248 e. The van der Waals surface area contributed by atoms with Crippen LogP contribution in [0, 0.1) is 0 Å². The number of benzene rings is 2. The van der Waals surface area contributed by atoms with Gasteiger partial charge in [-0.3, -0.25) is 4.79 Å². The molecule has 0 heterocycles. The van der Waals surface area contributed by atoms with Crippen LogP contribution in [0.2, 0.25) is 0 Å². The summed E-state index contributed by atoms with van der Waals surface area (Å²) in [6, 6.07) is 13.5. The monoisotopic (exact) mass is 367 g/mol. The Bertz CT molecular complexity index is 751. The highest BCUT2D eigenvalue weighted by molar-refractivity contribution is 6.01. The summed E-state index contributed by atoms with van der Waals surface area (Å²) in [6.07, 6.45) is 7.60. The van der Waals surface area contributed by atoms with Gasteiger partial charge < -0.3 is 14.8 Å². The molecule has 0 saturated carbocycles. The predicted molar refractivity (Wildman–Crippen MR) is 111 cm³/mol. The number of carbonyl (C=O) groups excluding carboxylic acids is 1. The molecule has 0 aliphatic heterocycles. The largest absolute Gasteiger partial charge is 0.493 e. The molecule has 4 nitrogen and oxygen atoms in total. The molecule has 0 radical (unpaired) electrons. The van der Waals surface area contributed by atoms with Gasteiger partial charge in [-0.15, -0.1) is 0 Å². The number of ether oxygens (including phenoxy) is 2. The van der Waals surface area contributed by atoms with Crippen LogP contribution in [-0.2, 0) is 11.2 Å². The van der Waals surface area contributed by atoms with Crippen molar-refractivity contribution in [2.24, 2.45) is 0 Å². The summed E-state index contributed by atoms with van der Waals surface area (Å²) in [4.78, 5) is 12.1. The van der Waals surface area contributed by atoms with Gasteiger partial charge in [0.15, 0.2) is 11.5 Å². The first-order chi connectivity index (χ1) is 13.2. The molecule has 2 aromatic rings. The molecule has 0 spiro atoms. The average molecular weight is 367 g/mol. The topological polar surface area (TPSA) is 47.6 Å². The maximum absolute atomic E-state index is 12.1. The lowest BCUT2D eigenvalue weighted by atomic mass is 10.1. The fraction of sp³-hybridized carbons (Fsp3) is 0.348. The van der Waals surface area contributed by atoms with Crippen molar-refractivity contribution in [1.82, 2.24) is 0 Å². The van der Waals surface area contributed by atoms with Gasteiger partial charge in [0.25, 0.3) is 0 Å². The van der Waals surface area contributed by atoms with Crippen molar-refractivity contribution in [1.29, 1.82) is 0 Å². The Kier molecular flexibility index (Phi) is 8.43. The third-order valence-electron chi connectivity index (χ3n) is 4.25.